The number of ether oxygens (including phenoxy) is 1. The van der Waals surface area contributed by atoms with Crippen molar-refractivity contribution in [2.45, 2.75) is 65.6 Å². The Kier molecular flexibility index (Phi) is 9.41. The monoisotopic (exact) mass is 478 g/mol. The van der Waals surface area contributed by atoms with Gasteiger partial charge in [-0.25, -0.2) is 0 Å². The van der Waals surface area contributed by atoms with Gasteiger partial charge in [-0.2, -0.15) is 0 Å². The Morgan fingerprint density at radius 1 is 1.00 bits per heavy atom. The summed E-state index contributed by atoms with van der Waals surface area (Å²) in [6.45, 7) is 9.72. The lowest BCUT2D eigenvalue weighted by Gasteiger charge is -2.33. The fourth-order valence-electron chi connectivity index (χ4n) is 3.26. The molecule has 0 bridgehead atoms. The van der Waals surface area contributed by atoms with Crippen molar-refractivity contribution in [1.82, 2.24) is 10.2 Å². The number of nitrogens with one attached hydrogen (secondary N) is 1. The third-order valence-corrected chi connectivity index (χ3v) is 5.65. The Labute approximate surface area is 201 Å². The van der Waals surface area contributed by atoms with Crippen LogP contribution in [0, 0.1) is 0 Å². The quantitative estimate of drug-likeness (QED) is 0.505. The summed E-state index contributed by atoms with van der Waals surface area (Å²) < 4.78 is 5.73. The highest BCUT2D eigenvalue weighted by atomic mass is 35.5. The van der Waals surface area contributed by atoms with Crippen LogP contribution in [0.1, 0.15) is 52.2 Å². The van der Waals surface area contributed by atoms with Crippen LogP contribution in [-0.2, 0) is 22.6 Å². The second kappa shape index (κ2) is 11.6. The molecule has 0 radical (unpaired) electrons. The SMILES string of the molecule is CCc1ccc(OCC(=O)N(Cc2ccc(Cl)c(Cl)c2)C(CC)C(=O)NC(C)(C)C)cc1. The molecule has 2 aromatic rings. The van der Waals surface area contributed by atoms with Crippen LogP contribution in [0.5, 0.6) is 5.75 Å². The smallest absolute Gasteiger partial charge is 0.261 e. The normalized spacial score (nSPS) is 12.2. The first kappa shape index (κ1) is 26.0. The molecular formula is C25H32Cl2N2O3. The number of halogens is 2. The van der Waals surface area contributed by atoms with Crippen molar-refractivity contribution in [1.29, 1.82) is 0 Å². The molecule has 0 aromatic heterocycles. The molecule has 2 rings (SSSR count). The molecule has 174 valence electrons. The summed E-state index contributed by atoms with van der Waals surface area (Å²) in [6, 6.07) is 12.2. The van der Waals surface area contributed by atoms with Gasteiger partial charge in [-0.15, -0.1) is 0 Å². The number of benzene rings is 2. The van der Waals surface area contributed by atoms with E-state index in [0.29, 0.717) is 22.2 Å². The third-order valence-electron chi connectivity index (χ3n) is 4.91. The van der Waals surface area contributed by atoms with E-state index in [2.05, 4.69) is 12.2 Å². The maximum atomic E-state index is 13.2. The van der Waals surface area contributed by atoms with Gasteiger partial charge < -0.3 is 15.0 Å². The maximum Gasteiger partial charge on any atom is 0.261 e. The molecule has 5 nitrogen and oxygen atoms in total. The number of carbonyl (C=O) groups excluding carboxylic acids is 2. The largest absolute Gasteiger partial charge is 0.484 e. The minimum Gasteiger partial charge on any atom is -0.484 e. The van der Waals surface area contributed by atoms with Gasteiger partial charge in [0.05, 0.1) is 10.0 Å². The molecule has 2 aromatic carbocycles. The number of nitrogens with zero attached hydrogens (tertiary/aromatic N) is 1. The lowest BCUT2D eigenvalue weighted by Crippen LogP contribution is -2.54. The summed E-state index contributed by atoms with van der Waals surface area (Å²) in [6.07, 6.45) is 1.39. The first-order valence-corrected chi connectivity index (χ1v) is 11.6. The summed E-state index contributed by atoms with van der Waals surface area (Å²) in [5, 5.41) is 3.81. The van der Waals surface area contributed by atoms with E-state index in [1.165, 1.54) is 5.56 Å². The lowest BCUT2D eigenvalue weighted by atomic mass is 10.1. The van der Waals surface area contributed by atoms with Gasteiger partial charge in [-0.3, -0.25) is 9.59 Å². The number of aryl methyl sites for hydroxylation is 1. The number of amides is 2. The molecule has 0 spiro atoms. The fourth-order valence-corrected chi connectivity index (χ4v) is 3.58. The lowest BCUT2D eigenvalue weighted by molar-refractivity contribution is -0.143. The van der Waals surface area contributed by atoms with Crippen molar-refractivity contribution in [2.24, 2.45) is 0 Å². The van der Waals surface area contributed by atoms with Crippen LogP contribution in [0.2, 0.25) is 10.0 Å². The van der Waals surface area contributed by atoms with E-state index in [9.17, 15) is 9.59 Å². The van der Waals surface area contributed by atoms with Crippen molar-refractivity contribution in [3.05, 3.63) is 63.6 Å². The van der Waals surface area contributed by atoms with E-state index in [1.54, 1.807) is 23.1 Å². The first-order chi connectivity index (χ1) is 15.0. The van der Waals surface area contributed by atoms with Gasteiger partial charge in [0.25, 0.3) is 5.91 Å². The van der Waals surface area contributed by atoms with Crippen LogP contribution < -0.4 is 10.1 Å². The summed E-state index contributed by atoms with van der Waals surface area (Å²) in [7, 11) is 0. The molecule has 0 saturated heterocycles. The number of hydrogen-bond donors (Lipinski definition) is 1. The molecule has 0 aliphatic rings. The topological polar surface area (TPSA) is 58.6 Å². The Morgan fingerprint density at radius 2 is 1.62 bits per heavy atom. The molecule has 2 amide bonds. The summed E-state index contributed by atoms with van der Waals surface area (Å²) >= 11 is 12.2. The zero-order valence-electron chi connectivity index (χ0n) is 19.4. The minimum atomic E-state index is -0.651. The molecular weight excluding hydrogens is 447 g/mol. The van der Waals surface area contributed by atoms with Crippen LogP contribution in [0.4, 0.5) is 0 Å². The summed E-state index contributed by atoms with van der Waals surface area (Å²) in [5.41, 5.74) is 1.55. The second-order valence-electron chi connectivity index (χ2n) is 8.72. The molecule has 0 saturated carbocycles. The van der Waals surface area contributed by atoms with Crippen LogP contribution in [-0.4, -0.2) is 34.9 Å². The predicted octanol–water partition coefficient (Wildman–Crippen LogP) is 5.66. The molecule has 1 N–H and O–H groups in total. The van der Waals surface area contributed by atoms with Crippen LogP contribution >= 0.6 is 23.2 Å². The van der Waals surface area contributed by atoms with Crippen LogP contribution in [0.3, 0.4) is 0 Å². The van der Waals surface area contributed by atoms with Crippen LogP contribution in [0.15, 0.2) is 42.5 Å². The Hall–Kier alpha value is -2.24. The first-order valence-electron chi connectivity index (χ1n) is 10.8. The van der Waals surface area contributed by atoms with Gasteiger partial charge in [0.15, 0.2) is 6.61 Å². The standard InChI is InChI=1S/C25H32Cl2N2O3/c1-6-17-8-11-19(12-9-17)32-16-23(30)29(15-18-10-13-20(26)21(27)14-18)22(7-2)24(31)28-25(3,4)5/h8-14,22H,6-7,15-16H2,1-5H3,(H,28,31). The zero-order valence-corrected chi connectivity index (χ0v) is 20.9. The third kappa shape index (κ3) is 7.72. The molecule has 0 fully saturated rings. The Balaban J connectivity index is 2.24. The highest BCUT2D eigenvalue weighted by Crippen LogP contribution is 2.24. The van der Waals surface area contributed by atoms with Gasteiger partial charge in [-0.05, 0) is 69.0 Å². The van der Waals surface area contributed by atoms with Gasteiger partial charge in [-0.1, -0.05) is 55.2 Å². The molecule has 0 aliphatic carbocycles. The Bertz CT molecular complexity index is 924. The van der Waals surface area contributed by atoms with Gasteiger partial charge in [0.1, 0.15) is 11.8 Å². The second-order valence-corrected chi connectivity index (χ2v) is 9.53. The van der Waals surface area contributed by atoms with Gasteiger partial charge >= 0.3 is 0 Å². The minimum absolute atomic E-state index is 0.175. The van der Waals surface area contributed by atoms with Gasteiger partial charge in [0.2, 0.25) is 5.91 Å². The average molecular weight is 479 g/mol. The molecule has 0 aliphatic heterocycles. The van der Waals surface area contributed by atoms with E-state index in [4.69, 9.17) is 27.9 Å². The van der Waals surface area contributed by atoms with Crippen molar-refractivity contribution >= 4 is 35.0 Å². The summed E-state index contributed by atoms with van der Waals surface area (Å²) in [4.78, 5) is 27.8. The fraction of sp³-hybridized carbons (Fsp3) is 0.440. The number of hydrogen-bond acceptors (Lipinski definition) is 3. The molecule has 1 unspecified atom stereocenters. The van der Waals surface area contributed by atoms with Crippen molar-refractivity contribution in [3.8, 4) is 5.75 Å². The average Bonchev–Trinajstić information content (AvgIpc) is 2.73. The maximum absolute atomic E-state index is 13.2. The van der Waals surface area contributed by atoms with E-state index < -0.39 is 11.6 Å². The van der Waals surface area contributed by atoms with Crippen molar-refractivity contribution in [3.63, 3.8) is 0 Å². The highest BCUT2D eigenvalue weighted by Gasteiger charge is 2.31. The van der Waals surface area contributed by atoms with E-state index >= 15 is 0 Å². The predicted molar refractivity (Wildman–Crippen MR) is 130 cm³/mol. The molecule has 1 atom stereocenters. The van der Waals surface area contributed by atoms with Crippen molar-refractivity contribution < 1.29 is 14.3 Å². The van der Waals surface area contributed by atoms with E-state index in [0.717, 1.165) is 12.0 Å². The van der Waals surface area contributed by atoms with E-state index in [-0.39, 0.29) is 25.0 Å². The highest BCUT2D eigenvalue weighted by molar-refractivity contribution is 6.42. The zero-order chi connectivity index (χ0) is 23.9. The summed E-state index contributed by atoms with van der Waals surface area (Å²) in [5.74, 6) is 0.115. The van der Waals surface area contributed by atoms with Gasteiger partial charge in [0, 0.05) is 12.1 Å². The van der Waals surface area contributed by atoms with Crippen molar-refractivity contribution in [2.75, 3.05) is 6.61 Å². The Morgan fingerprint density at radius 3 is 2.16 bits per heavy atom. The van der Waals surface area contributed by atoms with Crippen LogP contribution in [0.25, 0.3) is 0 Å². The van der Waals surface area contributed by atoms with E-state index in [1.807, 2.05) is 52.0 Å². The number of rotatable bonds is 9. The number of carbonyl (C=O) groups is 2. The molecule has 0 heterocycles. The molecule has 32 heavy (non-hydrogen) atoms. The molecule has 7 heteroatoms.